The number of hydrogen-bond donors (Lipinski definition) is 1. The first-order valence-corrected chi connectivity index (χ1v) is 10.2. The molecule has 6 nitrogen and oxygen atoms in total. The van der Waals surface area contributed by atoms with E-state index < -0.39 is 12.1 Å². The number of aromatic nitrogens is 1. The molecule has 31 heavy (non-hydrogen) atoms. The lowest BCUT2D eigenvalue weighted by molar-refractivity contribution is -0.129. The number of nitrogens with zero attached hydrogens (tertiary/aromatic N) is 1. The first-order chi connectivity index (χ1) is 14.9. The number of hydrogen-bond acceptors (Lipinski definition) is 4. The Morgan fingerprint density at radius 2 is 1.71 bits per heavy atom. The number of esters is 1. The molecule has 0 saturated carbocycles. The summed E-state index contributed by atoms with van der Waals surface area (Å²) in [4.78, 5) is 25.2. The molecule has 0 aliphatic rings. The summed E-state index contributed by atoms with van der Waals surface area (Å²) in [6, 6.07) is 19.3. The molecule has 1 aromatic heterocycles. The Morgan fingerprint density at radius 3 is 2.42 bits per heavy atom. The highest BCUT2D eigenvalue weighted by Gasteiger charge is 2.22. The molecular formula is C25H28N2O4. The van der Waals surface area contributed by atoms with E-state index in [1.165, 1.54) is 0 Å². The molecular weight excluding hydrogens is 392 g/mol. The Kier molecular flexibility index (Phi) is 7.13. The van der Waals surface area contributed by atoms with Crippen LogP contribution in [0.4, 0.5) is 0 Å². The second kappa shape index (κ2) is 9.98. The first kappa shape index (κ1) is 22.2. The van der Waals surface area contributed by atoms with Crippen LogP contribution in [0.1, 0.15) is 39.8 Å². The molecule has 2 aromatic carbocycles. The smallest absolute Gasteiger partial charge is 0.340 e. The van der Waals surface area contributed by atoms with Crippen LogP contribution in [0.5, 0.6) is 5.75 Å². The van der Waals surface area contributed by atoms with Crippen molar-refractivity contribution in [3.05, 3.63) is 88.7 Å². The van der Waals surface area contributed by atoms with Crippen LogP contribution < -0.4 is 10.1 Å². The Hall–Kier alpha value is -3.54. The van der Waals surface area contributed by atoms with Crippen LogP contribution >= 0.6 is 0 Å². The number of benzene rings is 2. The van der Waals surface area contributed by atoms with Gasteiger partial charge in [-0.3, -0.25) is 4.79 Å². The van der Waals surface area contributed by atoms with Crippen LogP contribution in [0.25, 0.3) is 0 Å². The van der Waals surface area contributed by atoms with Gasteiger partial charge < -0.3 is 19.4 Å². The van der Waals surface area contributed by atoms with Gasteiger partial charge >= 0.3 is 5.97 Å². The van der Waals surface area contributed by atoms with Crippen molar-refractivity contribution in [2.75, 3.05) is 7.11 Å². The summed E-state index contributed by atoms with van der Waals surface area (Å²) in [5, 5.41) is 2.79. The molecule has 0 bridgehead atoms. The lowest BCUT2D eigenvalue weighted by Gasteiger charge is -2.15. The van der Waals surface area contributed by atoms with Gasteiger partial charge in [-0.25, -0.2) is 4.79 Å². The minimum absolute atomic E-state index is 0.288. The van der Waals surface area contributed by atoms with Gasteiger partial charge in [0, 0.05) is 30.0 Å². The van der Waals surface area contributed by atoms with Gasteiger partial charge in [-0.15, -0.1) is 0 Å². The summed E-state index contributed by atoms with van der Waals surface area (Å²) in [6.45, 7) is 6.37. The number of nitrogens with one attached hydrogen (secondary N) is 1. The molecule has 0 aliphatic heterocycles. The minimum atomic E-state index is -0.917. The van der Waals surface area contributed by atoms with Crippen LogP contribution in [0.15, 0.2) is 60.7 Å². The second-order valence-electron chi connectivity index (χ2n) is 7.43. The molecule has 0 aliphatic carbocycles. The lowest BCUT2D eigenvalue weighted by Crippen LogP contribution is -2.35. The largest absolute Gasteiger partial charge is 0.496 e. The first-order valence-electron chi connectivity index (χ1n) is 10.2. The van der Waals surface area contributed by atoms with Crippen molar-refractivity contribution >= 4 is 11.9 Å². The Morgan fingerprint density at radius 1 is 1.03 bits per heavy atom. The van der Waals surface area contributed by atoms with Gasteiger partial charge in [0.15, 0.2) is 6.10 Å². The Bertz CT molecular complexity index is 1060. The van der Waals surface area contributed by atoms with Gasteiger partial charge in [-0.1, -0.05) is 48.5 Å². The van der Waals surface area contributed by atoms with E-state index >= 15 is 0 Å². The molecule has 1 amide bonds. The number of amides is 1. The predicted molar refractivity (Wildman–Crippen MR) is 119 cm³/mol. The summed E-state index contributed by atoms with van der Waals surface area (Å²) in [5.41, 5.74) is 4.24. The average molecular weight is 421 g/mol. The summed E-state index contributed by atoms with van der Waals surface area (Å²) in [5.74, 6) is -0.178. The molecule has 1 unspecified atom stereocenters. The van der Waals surface area contributed by atoms with E-state index in [-0.39, 0.29) is 12.5 Å². The number of methoxy groups -OCH3 is 1. The lowest BCUT2D eigenvalue weighted by atomic mass is 10.2. The van der Waals surface area contributed by atoms with Crippen LogP contribution in [-0.2, 0) is 22.6 Å². The van der Waals surface area contributed by atoms with E-state index in [4.69, 9.17) is 9.47 Å². The number of carbonyl (C=O) groups is 2. The molecule has 6 heteroatoms. The van der Waals surface area contributed by atoms with Crippen molar-refractivity contribution in [1.29, 1.82) is 0 Å². The van der Waals surface area contributed by atoms with Crippen molar-refractivity contribution in [2.24, 2.45) is 0 Å². The summed E-state index contributed by atoms with van der Waals surface area (Å²) < 4.78 is 12.8. The molecule has 0 spiro atoms. The van der Waals surface area contributed by atoms with Crippen LogP contribution in [0, 0.1) is 13.8 Å². The van der Waals surface area contributed by atoms with Crippen molar-refractivity contribution in [2.45, 2.75) is 40.0 Å². The van der Waals surface area contributed by atoms with Crippen molar-refractivity contribution < 1.29 is 19.1 Å². The highest BCUT2D eigenvalue weighted by atomic mass is 16.5. The highest BCUT2D eigenvalue weighted by Crippen LogP contribution is 2.19. The van der Waals surface area contributed by atoms with Gasteiger partial charge in [0.2, 0.25) is 0 Å². The Labute approximate surface area is 182 Å². The molecule has 1 heterocycles. The van der Waals surface area contributed by atoms with Crippen LogP contribution in [0.3, 0.4) is 0 Å². The fourth-order valence-corrected chi connectivity index (χ4v) is 3.47. The number of aryl methyl sites for hydroxylation is 1. The van der Waals surface area contributed by atoms with Gasteiger partial charge in [0.05, 0.1) is 12.7 Å². The van der Waals surface area contributed by atoms with Crippen LogP contribution in [0.2, 0.25) is 0 Å². The van der Waals surface area contributed by atoms with E-state index in [9.17, 15) is 9.59 Å². The number of para-hydroxylation sites is 1. The SMILES string of the molecule is COc1ccccc1CNC(=O)C(C)OC(=O)c1cc(C)n(Cc2ccccc2)c1C. The second-order valence-corrected chi connectivity index (χ2v) is 7.43. The van der Waals surface area contributed by atoms with Gasteiger partial charge in [0.25, 0.3) is 5.91 Å². The van der Waals surface area contributed by atoms with Crippen molar-refractivity contribution in [3.63, 3.8) is 0 Å². The number of carbonyl (C=O) groups excluding carboxylic acids is 2. The average Bonchev–Trinajstić information content (AvgIpc) is 3.06. The predicted octanol–water partition coefficient (Wildman–Crippen LogP) is 4.02. The zero-order chi connectivity index (χ0) is 22.4. The normalized spacial score (nSPS) is 11.6. The molecule has 1 atom stereocenters. The van der Waals surface area contributed by atoms with Gasteiger partial charge in [-0.2, -0.15) is 0 Å². The summed E-state index contributed by atoms with van der Waals surface area (Å²) in [7, 11) is 1.58. The molecule has 0 radical (unpaired) electrons. The maximum absolute atomic E-state index is 12.7. The fraction of sp³-hybridized carbons (Fsp3) is 0.280. The molecule has 1 N–H and O–H groups in total. The van der Waals surface area contributed by atoms with Crippen molar-refractivity contribution in [3.8, 4) is 5.75 Å². The molecule has 0 saturated heterocycles. The molecule has 3 aromatic rings. The Balaban J connectivity index is 1.63. The molecule has 162 valence electrons. The van der Waals surface area contributed by atoms with Crippen molar-refractivity contribution in [1.82, 2.24) is 9.88 Å². The maximum atomic E-state index is 12.7. The highest BCUT2D eigenvalue weighted by molar-refractivity contribution is 5.93. The summed E-state index contributed by atoms with van der Waals surface area (Å²) in [6.07, 6.45) is -0.917. The van der Waals surface area contributed by atoms with E-state index in [0.717, 1.165) is 22.5 Å². The van der Waals surface area contributed by atoms with Gasteiger partial charge in [-0.05, 0) is 38.5 Å². The fourth-order valence-electron chi connectivity index (χ4n) is 3.47. The standard InChI is InChI=1S/C25H28N2O4/c1-17-14-22(18(2)27(17)16-20-10-6-5-7-11-20)25(29)31-19(3)24(28)26-15-21-12-8-9-13-23(21)30-4/h5-14,19H,15-16H2,1-4H3,(H,26,28). The third kappa shape index (κ3) is 5.34. The van der Waals surface area contributed by atoms with Gasteiger partial charge in [0.1, 0.15) is 5.75 Å². The quantitative estimate of drug-likeness (QED) is 0.559. The third-order valence-electron chi connectivity index (χ3n) is 5.28. The third-order valence-corrected chi connectivity index (χ3v) is 5.28. The monoisotopic (exact) mass is 420 g/mol. The van der Waals surface area contributed by atoms with E-state index in [1.807, 2.05) is 68.4 Å². The van der Waals surface area contributed by atoms with Crippen LogP contribution in [-0.4, -0.2) is 29.7 Å². The summed E-state index contributed by atoms with van der Waals surface area (Å²) >= 11 is 0. The maximum Gasteiger partial charge on any atom is 0.340 e. The number of ether oxygens (including phenoxy) is 2. The molecule has 3 rings (SSSR count). The zero-order valence-electron chi connectivity index (χ0n) is 18.3. The minimum Gasteiger partial charge on any atom is -0.496 e. The number of rotatable bonds is 8. The van der Waals surface area contributed by atoms with E-state index in [1.54, 1.807) is 20.1 Å². The van der Waals surface area contributed by atoms with E-state index in [0.29, 0.717) is 17.9 Å². The zero-order valence-corrected chi connectivity index (χ0v) is 18.3. The van der Waals surface area contributed by atoms with E-state index in [2.05, 4.69) is 9.88 Å². The molecule has 0 fully saturated rings. The topological polar surface area (TPSA) is 69.6 Å².